The lowest BCUT2D eigenvalue weighted by Crippen LogP contribution is -2.74. The fraction of sp³-hybridized carbons (Fsp3) is 0.455. The molecule has 1 fully saturated rings. The molecule has 2 aromatic rings. The minimum Gasteiger partial charge on any atom is -0.489 e. The summed E-state index contributed by atoms with van der Waals surface area (Å²) in [4.78, 5) is 22.8. The first-order valence-corrected chi connectivity index (χ1v) is 9.77. The molecule has 0 unspecified atom stereocenters. The number of amides is 1. The van der Waals surface area contributed by atoms with Crippen molar-refractivity contribution in [2.75, 3.05) is 0 Å². The Balaban J connectivity index is 1.62. The summed E-state index contributed by atoms with van der Waals surface area (Å²) in [5.41, 5.74) is -1.42. The molecule has 6 nitrogen and oxygen atoms in total. The molecular weight excluding hydrogens is 409 g/mol. The minimum atomic E-state index is -4.66. The molecule has 1 saturated carbocycles. The van der Waals surface area contributed by atoms with Gasteiger partial charge in [0.05, 0.1) is 35.0 Å². The summed E-state index contributed by atoms with van der Waals surface area (Å²) in [5.74, 6) is -0.115. The molecule has 1 aromatic carbocycles. The smallest absolute Gasteiger partial charge is 0.417 e. The number of rotatable bonds is 3. The number of carbonyl (C=O) groups excluding carboxylic acids is 1. The van der Waals surface area contributed by atoms with Crippen LogP contribution in [0.25, 0.3) is 0 Å². The van der Waals surface area contributed by atoms with Crippen LogP contribution in [0.2, 0.25) is 0 Å². The lowest BCUT2D eigenvalue weighted by Gasteiger charge is -2.65. The van der Waals surface area contributed by atoms with Crippen molar-refractivity contribution in [1.29, 1.82) is 5.26 Å². The van der Waals surface area contributed by atoms with Gasteiger partial charge in [0, 0.05) is 23.1 Å². The number of carbonyl (C=O) groups is 1. The summed E-state index contributed by atoms with van der Waals surface area (Å²) in [6.07, 6.45) is -2.21. The summed E-state index contributed by atoms with van der Waals surface area (Å²) in [5, 5.41) is 9.00. The third kappa shape index (κ3) is 3.12. The zero-order chi connectivity index (χ0) is 22.8. The summed E-state index contributed by atoms with van der Waals surface area (Å²) < 4.78 is 46.0. The zero-order valence-electron chi connectivity index (χ0n) is 17.5. The molecule has 2 aliphatic rings. The number of nitrogens with zero attached hydrogens (tertiary/aromatic N) is 4. The van der Waals surface area contributed by atoms with Gasteiger partial charge in [-0.1, -0.05) is 27.7 Å². The molecule has 4 rings (SSSR count). The van der Waals surface area contributed by atoms with Crippen LogP contribution in [-0.2, 0) is 12.7 Å². The third-order valence-electron chi connectivity index (χ3n) is 6.35. The van der Waals surface area contributed by atoms with E-state index in [0.29, 0.717) is 17.8 Å². The predicted octanol–water partition coefficient (Wildman–Crippen LogP) is 4.21. The summed E-state index contributed by atoms with van der Waals surface area (Å²) in [6, 6.07) is 4.71. The van der Waals surface area contributed by atoms with Gasteiger partial charge in [-0.25, -0.2) is 9.97 Å². The maximum Gasteiger partial charge on any atom is 0.417 e. The first-order chi connectivity index (χ1) is 14.4. The molecule has 0 bridgehead atoms. The Bertz CT molecular complexity index is 1090. The van der Waals surface area contributed by atoms with Crippen LogP contribution in [0.4, 0.5) is 13.2 Å². The Morgan fingerprint density at radius 1 is 1.23 bits per heavy atom. The molecule has 1 aliphatic carbocycles. The molecule has 0 spiro atoms. The maximum atomic E-state index is 13.3. The highest BCUT2D eigenvalue weighted by Gasteiger charge is 2.67. The second kappa shape index (κ2) is 6.67. The molecule has 0 saturated heterocycles. The van der Waals surface area contributed by atoms with Gasteiger partial charge in [-0.2, -0.15) is 18.4 Å². The number of aromatic nitrogens is 2. The molecule has 162 valence electrons. The van der Waals surface area contributed by atoms with Gasteiger partial charge in [0.2, 0.25) is 0 Å². The van der Waals surface area contributed by atoms with Crippen molar-refractivity contribution in [1.82, 2.24) is 14.9 Å². The molecule has 1 aromatic heterocycles. The molecule has 1 amide bonds. The second-order valence-corrected chi connectivity index (χ2v) is 9.18. The van der Waals surface area contributed by atoms with Crippen molar-refractivity contribution in [2.45, 2.75) is 52.6 Å². The van der Waals surface area contributed by atoms with E-state index in [-0.39, 0.29) is 17.7 Å². The summed E-state index contributed by atoms with van der Waals surface area (Å²) >= 11 is 0. The van der Waals surface area contributed by atoms with E-state index in [9.17, 15) is 18.0 Å². The Morgan fingerprint density at radius 2 is 1.90 bits per heavy atom. The molecule has 0 radical (unpaired) electrons. The van der Waals surface area contributed by atoms with E-state index < -0.39 is 34.2 Å². The Morgan fingerprint density at radius 3 is 2.48 bits per heavy atom. The zero-order valence-corrected chi connectivity index (χ0v) is 17.5. The van der Waals surface area contributed by atoms with E-state index in [2.05, 4.69) is 9.97 Å². The van der Waals surface area contributed by atoms with Crippen LogP contribution in [0.3, 0.4) is 0 Å². The highest BCUT2D eigenvalue weighted by atomic mass is 19.4. The average Bonchev–Trinajstić information content (AvgIpc) is 3.00. The first kappa shape index (κ1) is 21.1. The summed E-state index contributed by atoms with van der Waals surface area (Å²) in [7, 11) is 0. The minimum absolute atomic E-state index is 0.0397. The van der Waals surface area contributed by atoms with E-state index in [1.807, 2.05) is 27.7 Å². The van der Waals surface area contributed by atoms with Gasteiger partial charge >= 0.3 is 6.18 Å². The van der Waals surface area contributed by atoms with Crippen molar-refractivity contribution >= 4 is 5.91 Å². The highest BCUT2D eigenvalue weighted by molar-refractivity contribution is 5.97. The van der Waals surface area contributed by atoms with Gasteiger partial charge in [-0.05, 0) is 18.2 Å². The second-order valence-electron chi connectivity index (χ2n) is 9.18. The van der Waals surface area contributed by atoms with Crippen LogP contribution in [0.15, 0.2) is 30.7 Å². The number of alkyl halides is 3. The molecule has 0 atom stereocenters. The van der Waals surface area contributed by atoms with Crippen molar-refractivity contribution in [2.24, 2.45) is 10.8 Å². The Labute approximate surface area is 177 Å². The largest absolute Gasteiger partial charge is 0.489 e. The van der Waals surface area contributed by atoms with Gasteiger partial charge in [0.15, 0.2) is 0 Å². The van der Waals surface area contributed by atoms with Crippen LogP contribution >= 0.6 is 0 Å². The van der Waals surface area contributed by atoms with Crippen LogP contribution < -0.4 is 4.74 Å². The number of fused-ring (bicyclic) bond motifs is 1. The Kier molecular flexibility index (Phi) is 4.54. The van der Waals surface area contributed by atoms with Crippen LogP contribution in [0.1, 0.15) is 54.9 Å². The van der Waals surface area contributed by atoms with E-state index in [1.165, 1.54) is 18.6 Å². The third-order valence-corrected chi connectivity index (χ3v) is 6.35. The Hall–Kier alpha value is -3.15. The molecule has 1 aliphatic heterocycles. The van der Waals surface area contributed by atoms with E-state index >= 15 is 0 Å². The van der Waals surface area contributed by atoms with E-state index in [0.717, 1.165) is 12.1 Å². The van der Waals surface area contributed by atoms with Crippen LogP contribution in [0.5, 0.6) is 5.75 Å². The molecule has 0 N–H and O–H groups in total. The van der Waals surface area contributed by atoms with Gasteiger partial charge in [0.1, 0.15) is 18.2 Å². The molecule has 9 heteroatoms. The molecule has 31 heavy (non-hydrogen) atoms. The number of hydrogen-bond donors (Lipinski definition) is 0. The summed E-state index contributed by atoms with van der Waals surface area (Å²) in [6.45, 7) is 8.09. The van der Waals surface area contributed by atoms with Crippen molar-refractivity contribution in [3.8, 4) is 11.8 Å². The number of hydrogen-bond acceptors (Lipinski definition) is 5. The quantitative estimate of drug-likeness (QED) is 0.729. The number of benzene rings is 1. The lowest BCUT2D eigenvalue weighted by atomic mass is 9.49. The number of ether oxygens (including phenoxy) is 1. The fourth-order valence-electron chi connectivity index (χ4n) is 5.54. The van der Waals surface area contributed by atoms with Gasteiger partial charge in [-0.15, -0.1) is 0 Å². The van der Waals surface area contributed by atoms with Gasteiger partial charge < -0.3 is 9.64 Å². The molecule has 2 heterocycles. The van der Waals surface area contributed by atoms with Gasteiger partial charge in [0.25, 0.3) is 5.91 Å². The van der Waals surface area contributed by atoms with Crippen LogP contribution in [0, 0.1) is 22.2 Å². The average molecular weight is 430 g/mol. The molecular formula is C22H21F3N4O2. The highest BCUT2D eigenvalue weighted by Crippen LogP contribution is 2.59. The monoisotopic (exact) mass is 430 g/mol. The van der Waals surface area contributed by atoms with Crippen molar-refractivity contribution < 1.29 is 22.7 Å². The SMILES string of the molecule is CC1(C)C(Oc2ccc(C#N)c(C(F)(F)F)c2)C(C)(C)C1N1Cc2ncncc2C1=O. The van der Waals surface area contributed by atoms with Crippen molar-refractivity contribution in [3.63, 3.8) is 0 Å². The lowest BCUT2D eigenvalue weighted by molar-refractivity contribution is -0.199. The predicted molar refractivity (Wildman–Crippen MR) is 104 cm³/mol. The van der Waals surface area contributed by atoms with E-state index in [4.69, 9.17) is 10.00 Å². The van der Waals surface area contributed by atoms with Crippen LogP contribution in [-0.4, -0.2) is 32.9 Å². The number of nitriles is 1. The maximum absolute atomic E-state index is 13.3. The van der Waals surface area contributed by atoms with Gasteiger partial charge in [-0.3, -0.25) is 4.79 Å². The number of halogens is 3. The van der Waals surface area contributed by atoms with E-state index in [1.54, 1.807) is 11.0 Å². The van der Waals surface area contributed by atoms with Crippen molar-refractivity contribution in [3.05, 3.63) is 53.1 Å². The fourth-order valence-corrected chi connectivity index (χ4v) is 5.54. The topological polar surface area (TPSA) is 79.1 Å². The first-order valence-electron chi connectivity index (χ1n) is 9.77. The normalized spacial score (nSPS) is 23.7. The standard InChI is InChI=1S/C22H21F3N4O2/c1-20(2)18(29-10-16-14(17(29)30)9-27-11-28-16)21(3,4)19(20)31-13-6-5-12(8-26)15(7-13)22(23,24)25/h5-7,9,11,18-19H,10H2,1-4H3.